The molecule has 0 bridgehead atoms. The van der Waals surface area contributed by atoms with Gasteiger partial charge < -0.3 is 15.2 Å². The molecule has 112 valence electrons. The monoisotopic (exact) mass is 272 g/mol. The van der Waals surface area contributed by atoms with Crippen LogP contribution in [0.5, 0.6) is 0 Å². The van der Waals surface area contributed by atoms with E-state index < -0.39 is 5.54 Å². The number of hydrogen-bond acceptors (Lipinski definition) is 5. The van der Waals surface area contributed by atoms with Crippen LogP contribution in [-0.2, 0) is 14.3 Å². The lowest BCUT2D eigenvalue weighted by Crippen LogP contribution is -2.49. The molecule has 5 nitrogen and oxygen atoms in total. The summed E-state index contributed by atoms with van der Waals surface area (Å²) < 4.78 is 9.90. The van der Waals surface area contributed by atoms with Gasteiger partial charge in [0.25, 0.3) is 0 Å². The highest BCUT2D eigenvalue weighted by atomic mass is 16.5. The van der Waals surface area contributed by atoms with Crippen LogP contribution >= 0.6 is 0 Å². The molecule has 0 heterocycles. The van der Waals surface area contributed by atoms with Gasteiger partial charge in [-0.15, -0.1) is 0 Å². The number of nitrogens with zero attached hydrogens (tertiary/aromatic N) is 1. The highest BCUT2D eigenvalue weighted by molar-refractivity contribution is 5.79. The maximum Gasteiger partial charge on any atom is 0.325 e. The van der Waals surface area contributed by atoms with Crippen LogP contribution in [0.15, 0.2) is 0 Å². The third kappa shape index (κ3) is 5.09. The second-order valence-electron chi connectivity index (χ2n) is 5.77. The van der Waals surface area contributed by atoms with Crippen molar-refractivity contribution in [1.82, 2.24) is 4.90 Å². The smallest absolute Gasteiger partial charge is 0.325 e. The van der Waals surface area contributed by atoms with Crippen molar-refractivity contribution >= 4 is 5.97 Å². The van der Waals surface area contributed by atoms with Crippen molar-refractivity contribution in [2.45, 2.75) is 44.7 Å². The number of hydrogen-bond donors (Lipinski definition) is 1. The Balaban J connectivity index is 2.49. The fraction of sp³-hybridized carbons (Fsp3) is 0.929. The molecule has 1 fully saturated rings. The lowest BCUT2D eigenvalue weighted by atomic mass is 9.98. The van der Waals surface area contributed by atoms with Gasteiger partial charge in [-0.3, -0.25) is 9.69 Å². The van der Waals surface area contributed by atoms with Gasteiger partial charge in [0.05, 0.1) is 13.7 Å². The van der Waals surface area contributed by atoms with E-state index in [0.29, 0.717) is 19.1 Å². The average molecular weight is 272 g/mol. The van der Waals surface area contributed by atoms with Crippen molar-refractivity contribution < 1.29 is 14.3 Å². The summed E-state index contributed by atoms with van der Waals surface area (Å²) in [4.78, 5) is 14.0. The molecule has 0 aromatic carbocycles. The third-order valence-corrected chi connectivity index (χ3v) is 4.03. The summed E-state index contributed by atoms with van der Waals surface area (Å²) in [5.41, 5.74) is 5.09. The van der Waals surface area contributed by atoms with Gasteiger partial charge in [-0.2, -0.15) is 0 Å². The standard InChI is InChI=1S/C14H28N2O3/c1-11(12-5-6-12)16(9-10-18-3)8-7-14(2,15)13(17)19-4/h11-12H,5-10,15H2,1-4H3. The molecule has 0 aromatic heterocycles. The minimum absolute atomic E-state index is 0.349. The van der Waals surface area contributed by atoms with E-state index in [-0.39, 0.29) is 5.97 Å². The molecule has 2 atom stereocenters. The summed E-state index contributed by atoms with van der Waals surface area (Å²) in [5, 5.41) is 0. The first-order valence-electron chi connectivity index (χ1n) is 7.02. The van der Waals surface area contributed by atoms with Crippen LogP contribution in [0, 0.1) is 5.92 Å². The summed E-state index contributed by atoms with van der Waals surface area (Å²) in [6.07, 6.45) is 3.21. The minimum Gasteiger partial charge on any atom is -0.468 e. The number of methoxy groups -OCH3 is 2. The zero-order chi connectivity index (χ0) is 14.5. The molecule has 1 aliphatic carbocycles. The lowest BCUT2D eigenvalue weighted by Gasteiger charge is -2.32. The fourth-order valence-electron chi connectivity index (χ4n) is 2.32. The van der Waals surface area contributed by atoms with Crippen molar-refractivity contribution in [2.75, 3.05) is 33.9 Å². The molecule has 0 radical (unpaired) electrons. The van der Waals surface area contributed by atoms with E-state index in [1.807, 2.05) is 0 Å². The highest BCUT2D eigenvalue weighted by Gasteiger charge is 2.34. The SMILES string of the molecule is COCCN(CCC(C)(N)C(=O)OC)C(C)C1CC1. The van der Waals surface area contributed by atoms with Gasteiger partial charge in [0.1, 0.15) is 5.54 Å². The van der Waals surface area contributed by atoms with Gasteiger partial charge in [0.15, 0.2) is 0 Å². The second-order valence-corrected chi connectivity index (χ2v) is 5.77. The van der Waals surface area contributed by atoms with E-state index in [9.17, 15) is 4.79 Å². The van der Waals surface area contributed by atoms with Gasteiger partial charge in [-0.1, -0.05) is 0 Å². The molecule has 0 spiro atoms. The second kappa shape index (κ2) is 7.22. The first-order chi connectivity index (χ1) is 8.92. The molecule has 1 saturated carbocycles. The first-order valence-corrected chi connectivity index (χ1v) is 7.02. The molecule has 19 heavy (non-hydrogen) atoms. The van der Waals surface area contributed by atoms with Crippen molar-refractivity contribution in [3.8, 4) is 0 Å². The summed E-state index contributed by atoms with van der Waals surface area (Å²) in [7, 11) is 3.09. The topological polar surface area (TPSA) is 64.8 Å². The van der Waals surface area contributed by atoms with Crippen LogP contribution in [0.2, 0.25) is 0 Å². The van der Waals surface area contributed by atoms with Crippen LogP contribution in [0.3, 0.4) is 0 Å². The average Bonchev–Trinajstić information content (AvgIpc) is 3.21. The van der Waals surface area contributed by atoms with E-state index in [1.165, 1.54) is 20.0 Å². The molecular formula is C14H28N2O3. The Bertz CT molecular complexity index is 290. The van der Waals surface area contributed by atoms with Crippen molar-refractivity contribution in [1.29, 1.82) is 0 Å². The molecule has 5 heteroatoms. The fourth-order valence-corrected chi connectivity index (χ4v) is 2.32. The Labute approximate surface area is 116 Å². The van der Waals surface area contributed by atoms with Gasteiger partial charge >= 0.3 is 5.97 Å². The Morgan fingerprint density at radius 3 is 2.53 bits per heavy atom. The zero-order valence-corrected chi connectivity index (χ0v) is 12.6. The zero-order valence-electron chi connectivity index (χ0n) is 12.6. The predicted octanol–water partition coefficient (Wildman–Crippen LogP) is 1.01. The predicted molar refractivity (Wildman–Crippen MR) is 74.9 cm³/mol. The summed E-state index contributed by atoms with van der Waals surface area (Å²) in [6, 6.07) is 0.531. The number of carbonyl (C=O) groups excluding carboxylic acids is 1. The summed E-state index contributed by atoms with van der Waals surface area (Å²) >= 11 is 0. The summed E-state index contributed by atoms with van der Waals surface area (Å²) in [5.74, 6) is 0.442. The number of esters is 1. The number of carbonyl (C=O) groups is 1. The van der Waals surface area contributed by atoms with Gasteiger partial charge in [-0.25, -0.2) is 0 Å². The number of nitrogens with two attached hydrogens (primary N) is 1. The van der Waals surface area contributed by atoms with Crippen LogP contribution in [0.25, 0.3) is 0 Å². The van der Waals surface area contributed by atoms with Crippen LogP contribution in [0.1, 0.15) is 33.1 Å². The Morgan fingerprint density at radius 1 is 1.42 bits per heavy atom. The Hall–Kier alpha value is -0.650. The third-order valence-electron chi connectivity index (χ3n) is 4.03. The number of ether oxygens (including phenoxy) is 2. The molecule has 2 N–H and O–H groups in total. The molecule has 0 aromatic rings. The minimum atomic E-state index is -0.913. The van der Waals surface area contributed by atoms with Gasteiger partial charge in [-0.05, 0) is 39.0 Å². The maximum atomic E-state index is 11.6. The van der Waals surface area contributed by atoms with E-state index in [0.717, 1.165) is 19.0 Å². The summed E-state index contributed by atoms with van der Waals surface area (Å²) in [6.45, 7) is 6.36. The lowest BCUT2D eigenvalue weighted by molar-refractivity contribution is -0.146. The molecule has 1 aliphatic rings. The highest BCUT2D eigenvalue weighted by Crippen LogP contribution is 2.35. The van der Waals surface area contributed by atoms with Crippen molar-refractivity contribution in [2.24, 2.45) is 11.7 Å². The van der Waals surface area contributed by atoms with Gasteiger partial charge in [0.2, 0.25) is 0 Å². The molecular weight excluding hydrogens is 244 g/mol. The van der Waals surface area contributed by atoms with E-state index in [2.05, 4.69) is 11.8 Å². The molecule has 0 aliphatic heterocycles. The Morgan fingerprint density at radius 2 is 2.05 bits per heavy atom. The van der Waals surface area contributed by atoms with Gasteiger partial charge in [0, 0.05) is 26.2 Å². The normalized spacial score (nSPS) is 20.1. The molecule has 1 rings (SSSR count). The van der Waals surface area contributed by atoms with Crippen LogP contribution < -0.4 is 5.73 Å². The van der Waals surface area contributed by atoms with E-state index in [4.69, 9.17) is 15.2 Å². The quantitative estimate of drug-likeness (QED) is 0.635. The van der Waals surface area contributed by atoms with E-state index >= 15 is 0 Å². The maximum absolute atomic E-state index is 11.6. The Kier molecular flexibility index (Phi) is 6.23. The van der Waals surface area contributed by atoms with E-state index in [1.54, 1.807) is 14.0 Å². The van der Waals surface area contributed by atoms with Crippen LogP contribution in [-0.4, -0.2) is 56.4 Å². The van der Waals surface area contributed by atoms with Crippen LogP contribution in [0.4, 0.5) is 0 Å². The molecule has 2 unspecified atom stereocenters. The first kappa shape index (κ1) is 16.4. The van der Waals surface area contributed by atoms with Crippen molar-refractivity contribution in [3.63, 3.8) is 0 Å². The van der Waals surface area contributed by atoms with Crippen molar-refractivity contribution in [3.05, 3.63) is 0 Å². The molecule has 0 amide bonds. The largest absolute Gasteiger partial charge is 0.468 e. The molecule has 0 saturated heterocycles. The number of rotatable bonds is 9.